The number of hydrogen-bond acceptors (Lipinski definition) is 7. The Morgan fingerprint density at radius 2 is 2.14 bits per heavy atom. The van der Waals surface area contributed by atoms with E-state index in [2.05, 4.69) is 10.3 Å². The summed E-state index contributed by atoms with van der Waals surface area (Å²) in [7, 11) is 0. The van der Waals surface area contributed by atoms with E-state index >= 15 is 0 Å². The van der Waals surface area contributed by atoms with Crippen molar-refractivity contribution >= 4 is 33.3 Å². The van der Waals surface area contributed by atoms with E-state index in [1.165, 1.54) is 19.1 Å². The van der Waals surface area contributed by atoms with E-state index in [4.69, 9.17) is 9.94 Å². The summed E-state index contributed by atoms with van der Waals surface area (Å²) in [6, 6.07) is 6.22. The van der Waals surface area contributed by atoms with Gasteiger partial charge in [-0.05, 0) is 23.5 Å². The smallest absolute Gasteiger partial charge is 0.308 e. The molecule has 0 radical (unpaired) electrons. The normalized spacial score (nSPS) is 11.8. The molecule has 0 aliphatic heterocycles. The lowest BCUT2D eigenvalue weighted by Gasteiger charge is -2.08. The van der Waals surface area contributed by atoms with Crippen LogP contribution < -0.4 is 15.3 Å². The quantitative estimate of drug-likeness (QED) is 0.435. The zero-order valence-electron chi connectivity index (χ0n) is 10.8. The van der Waals surface area contributed by atoms with Crippen LogP contribution in [0.25, 0.3) is 0 Å². The number of nitrogens with zero attached hydrogens (tertiary/aromatic N) is 1. The van der Waals surface area contributed by atoms with Crippen LogP contribution >= 0.6 is 11.3 Å². The first-order valence-corrected chi connectivity index (χ1v) is 6.57. The van der Waals surface area contributed by atoms with Gasteiger partial charge in [0.2, 0.25) is 5.00 Å². The summed E-state index contributed by atoms with van der Waals surface area (Å²) in [5, 5.41) is 21.0. The minimum Gasteiger partial charge on any atom is -0.594 e. The number of ether oxygens (including phenoxy) is 1. The van der Waals surface area contributed by atoms with E-state index in [1.54, 1.807) is 12.1 Å². The van der Waals surface area contributed by atoms with Crippen LogP contribution in [-0.2, 0) is 4.79 Å². The van der Waals surface area contributed by atoms with E-state index in [-0.39, 0.29) is 21.4 Å². The Hall–Kier alpha value is -2.33. The van der Waals surface area contributed by atoms with Gasteiger partial charge in [0.05, 0.1) is 5.56 Å². The van der Waals surface area contributed by atoms with Crippen molar-refractivity contribution in [1.29, 1.82) is 0 Å². The summed E-state index contributed by atoms with van der Waals surface area (Å²) in [5.74, 6) is -0.965. The Kier molecular flexibility index (Phi) is 4.60. The summed E-state index contributed by atoms with van der Waals surface area (Å²) >= 11 is 0.833. The number of thiazole rings is 1. The molecule has 21 heavy (non-hydrogen) atoms. The molecular formula is C12H11N3O5S. The number of aromatic nitrogens is 1. The fourth-order valence-corrected chi connectivity index (χ4v) is 2.14. The van der Waals surface area contributed by atoms with Crippen molar-refractivity contribution in [1.82, 2.24) is 4.98 Å². The maximum atomic E-state index is 12.1. The van der Waals surface area contributed by atoms with Crippen LogP contribution in [0.15, 0.2) is 30.5 Å². The molecule has 1 aromatic heterocycles. The van der Waals surface area contributed by atoms with Gasteiger partial charge >= 0.3 is 5.97 Å². The third-order valence-electron chi connectivity index (χ3n) is 2.32. The fourth-order valence-electron chi connectivity index (χ4n) is 1.49. The van der Waals surface area contributed by atoms with Gasteiger partial charge in [-0.15, -0.1) is 0 Å². The molecule has 2 rings (SSSR count). The van der Waals surface area contributed by atoms with Crippen LogP contribution in [0.5, 0.6) is 5.75 Å². The topological polar surface area (TPSA) is 116 Å². The monoisotopic (exact) mass is 309 g/mol. The van der Waals surface area contributed by atoms with E-state index in [0.29, 0.717) is 0 Å². The maximum absolute atomic E-state index is 12.1. The van der Waals surface area contributed by atoms with Crippen molar-refractivity contribution in [3.05, 3.63) is 41.2 Å². The van der Waals surface area contributed by atoms with Crippen LogP contribution in [0.1, 0.15) is 17.3 Å². The van der Waals surface area contributed by atoms with Crippen molar-refractivity contribution in [2.75, 3.05) is 5.32 Å². The van der Waals surface area contributed by atoms with Gasteiger partial charge in [-0.25, -0.2) is 10.2 Å². The minimum atomic E-state index is -1.12. The fraction of sp³-hybridized carbons (Fsp3) is 0.0833. The van der Waals surface area contributed by atoms with Gasteiger partial charge < -0.3 is 9.94 Å². The summed E-state index contributed by atoms with van der Waals surface area (Å²) in [6.45, 7) is 1.23. The molecule has 0 spiro atoms. The van der Waals surface area contributed by atoms with E-state index in [0.717, 1.165) is 17.5 Å². The number of amides is 1. The molecule has 0 bridgehead atoms. The molecule has 1 amide bonds. The summed E-state index contributed by atoms with van der Waals surface area (Å²) < 4.78 is 4.94. The molecule has 1 unspecified atom stereocenters. The summed E-state index contributed by atoms with van der Waals surface area (Å²) in [4.78, 5) is 26.9. The number of hydrogen-bond donors (Lipinski definition) is 3. The molecule has 0 fully saturated rings. The summed E-state index contributed by atoms with van der Waals surface area (Å²) in [5.41, 5.74) is 0.153. The minimum absolute atomic E-state index is 0.0126. The lowest BCUT2D eigenvalue weighted by molar-refractivity contribution is -0.989. The lowest BCUT2D eigenvalue weighted by atomic mass is 10.2. The Balaban J connectivity index is 2.18. The maximum Gasteiger partial charge on any atom is 0.308 e. The number of esters is 1. The molecule has 9 heteroatoms. The SMILES string of the molecule is CC(=O)Oc1ccccc1C(=O)Nc1ncc([NH+]([O-])O)s1. The highest BCUT2D eigenvalue weighted by molar-refractivity contribution is 7.18. The number of anilines is 1. The Labute approximate surface area is 123 Å². The number of para-hydroxylation sites is 1. The number of benzene rings is 1. The van der Waals surface area contributed by atoms with Crippen molar-refractivity contribution < 1.29 is 24.8 Å². The van der Waals surface area contributed by atoms with Gasteiger partial charge in [-0.3, -0.25) is 14.9 Å². The second-order valence-corrected chi connectivity index (χ2v) is 4.91. The van der Waals surface area contributed by atoms with E-state index < -0.39 is 17.1 Å². The van der Waals surface area contributed by atoms with Crippen LogP contribution in [0.2, 0.25) is 0 Å². The van der Waals surface area contributed by atoms with Crippen molar-refractivity contribution in [3.63, 3.8) is 0 Å². The third kappa shape index (κ3) is 3.83. The van der Waals surface area contributed by atoms with Gasteiger partial charge in [-0.1, -0.05) is 12.1 Å². The summed E-state index contributed by atoms with van der Waals surface area (Å²) in [6.07, 6.45) is 1.15. The number of quaternary nitrogens is 1. The molecule has 110 valence electrons. The number of carbonyl (C=O) groups is 2. The predicted molar refractivity (Wildman–Crippen MR) is 73.6 cm³/mol. The Bertz CT molecular complexity index is 670. The first-order chi connectivity index (χ1) is 9.97. The van der Waals surface area contributed by atoms with Gasteiger partial charge in [0.1, 0.15) is 11.9 Å². The highest BCUT2D eigenvalue weighted by Gasteiger charge is 2.16. The molecule has 0 saturated heterocycles. The predicted octanol–water partition coefficient (Wildman–Crippen LogP) is 0.724. The van der Waals surface area contributed by atoms with Crippen molar-refractivity contribution in [3.8, 4) is 5.75 Å². The standard InChI is InChI=1S/C12H11N3O5S/c1-7(16)20-9-5-3-2-4-8(9)11(17)14-12-13-6-10(21-12)15(18)19/h2-6,15,18H,1H3,(H,13,14,17). The largest absolute Gasteiger partial charge is 0.594 e. The molecule has 3 N–H and O–H groups in total. The Morgan fingerprint density at radius 1 is 1.43 bits per heavy atom. The zero-order valence-corrected chi connectivity index (χ0v) is 11.6. The third-order valence-corrected chi connectivity index (χ3v) is 3.22. The lowest BCUT2D eigenvalue weighted by Crippen LogP contribution is -2.98. The first kappa shape index (κ1) is 15.1. The molecule has 2 aromatic rings. The molecule has 1 aromatic carbocycles. The van der Waals surface area contributed by atoms with E-state index in [1.807, 2.05) is 0 Å². The molecule has 0 aliphatic carbocycles. The van der Waals surface area contributed by atoms with Crippen LogP contribution in [-0.4, -0.2) is 22.1 Å². The number of rotatable bonds is 4. The second kappa shape index (κ2) is 6.41. The highest BCUT2D eigenvalue weighted by Crippen LogP contribution is 2.23. The Morgan fingerprint density at radius 3 is 2.76 bits per heavy atom. The molecule has 1 heterocycles. The van der Waals surface area contributed by atoms with Crippen LogP contribution in [0, 0.1) is 5.21 Å². The van der Waals surface area contributed by atoms with Gasteiger partial charge in [0, 0.05) is 6.92 Å². The van der Waals surface area contributed by atoms with Crippen molar-refractivity contribution in [2.45, 2.75) is 6.92 Å². The average molecular weight is 309 g/mol. The van der Waals surface area contributed by atoms with Crippen LogP contribution in [0.3, 0.4) is 0 Å². The number of nitrogens with one attached hydrogen (secondary N) is 2. The second-order valence-electron chi connectivity index (χ2n) is 3.88. The molecule has 0 aliphatic rings. The average Bonchev–Trinajstić information content (AvgIpc) is 2.87. The van der Waals surface area contributed by atoms with Gasteiger partial charge in [-0.2, -0.15) is 5.23 Å². The van der Waals surface area contributed by atoms with Crippen LogP contribution in [0.4, 0.5) is 10.1 Å². The first-order valence-electron chi connectivity index (χ1n) is 5.75. The molecule has 1 atom stereocenters. The molecular weight excluding hydrogens is 298 g/mol. The van der Waals surface area contributed by atoms with Gasteiger partial charge in [0.25, 0.3) is 5.91 Å². The molecule has 8 nitrogen and oxygen atoms in total. The highest BCUT2D eigenvalue weighted by atomic mass is 32.1. The van der Waals surface area contributed by atoms with Crippen molar-refractivity contribution in [2.24, 2.45) is 0 Å². The van der Waals surface area contributed by atoms with Gasteiger partial charge in [0.15, 0.2) is 5.13 Å². The molecule has 0 saturated carbocycles. The number of carbonyl (C=O) groups excluding carboxylic acids is 2. The zero-order chi connectivity index (χ0) is 15.4. The van der Waals surface area contributed by atoms with E-state index in [9.17, 15) is 14.8 Å².